The number of halogens is 3. The second-order valence-corrected chi connectivity index (χ2v) is 12.5. The molecule has 1 amide bonds. The topological polar surface area (TPSA) is 110 Å². The fourth-order valence-corrected chi connectivity index (χ4v) is 6.34. The van der Waals surface area contributed by atoms with Crippen LogP contribution in [0.5, 0.6) is 5.75 Å². The lowest BCUT2D eigenvalue weighted by Crippen LogP contribution is -2.50. The molecule has 3 aromatic rings. The predicted octanol–water partition coefficient (Wildman–Crippen LogP) is 3.71. The van der Waals surface area contributed by atoms with Crippen LogP contribution >= 0.6 is 0 Å². The third kappa shape index (κ3) is 6.00. The van der Waals surface area contributed by atoms with Gasteiger partial charge >= 0.3 is 6.18 Å². The van der Waals surface area contributed by atoms with Crippen LogP contribution in [0, 0.1) is 0 Å². The van der Waals surface area contributed by atoms with Gasteiger partial charge in [0.05, 0.1) is 28.8 Å². The summed E-state index contributed by atoms with van der Waals surface area (Å²) in [5.74, 6) is 0.168. The monoisotopic (exact) mass is 604 g/mol. The van der Waals surface area contributed by atoms with E-state index in [1.807, 2.05) is 12.1 Å². The Morgan fingerprint density at radius 2 is 1.90 bits per heavy atom. The number of aromatic nitrogens is 3. The van der Waals surface area contributed by atoms with E-state index in [0.717, 1.165) is 39.9 Å². The van der Waals surface area contributed by atoms with Gasteiger partial charge in [-0.3, -0.25) is 14.0 Å². The van der Waals surface area contributed by atoms with Crippen LogP contribution in [0.3, 0.4) is 0 Å². The highest BCUT2D eigenvalue weighted by molar-refractivity contribution is 7.89. The predicted molar refractivity (Wildman–Crippen MR) is 147 cm³/mol. The Morgan fingerprint density at radius 3 is 2.60 bits per heavy atom. The van der Waals surface area contributed by atoms with Crippen molar-refractivity contribution in [2.45, 2.75) is 62.4 Å². The van der Waals surface area contributed by atoms with Gasteiger partial charge in [-0.25, -0.2) is 13.1 Å². The molecule has 0 saturated heterocycles. The molecule has 224 valence electrons. The zero-order valence-corrected chi connectivity index (χ0v) is 24.1. The lowest BCUT2D eigenvalue weighted by atomic mass is 9.98. The Labute approximate surface area is 241 Å². The molecule has 2 aliphatic rings. The van der Waals surface area contributed by atoms with E-state index in [-0.39, 0.29) is 17.4 Å². The minimum absolute atomic E-state index is 0.105. The maximum Gasteiger partial charge on any atom is 0.416 e. The van der Waals surface area contributed by atoms with Gasteiger partial charge in [-0.2, -0.15) is 13.2 Å². The first kappa shape index (κ1) is 29.6. The van der Waals surface area contributed by atoms with Crippen molar-refractivity contribution < 1.29 is 31.1 Å². The van der Waals surface area contributed by atoms with E-state index < -0.39 is 33.7 Å². The van der Waals surface area contributed by atoms with Gasteiger partial charge in [-0.05, 0) is 56.8 Å². The summed E-state index contributed by atoms with van der Waals surface area (Å²) in [6.07, 6.45) is -0.0568. The lowest BCUT2D eigenvalue weighted by molar-refractivity contribution is -0.137. The molecular weight excluding hydrogens is 573 g/mol. The van der Waals surface area contributed by atoms with Gasteiger partial charge in [0.2, 0.25) is 5.91 Å². The summed E-state index contributed by atoms with van der Waals surface area (Å²) in [5, 5.41) is 11.0. The first-order valence-corrected chi connectivity index (χ1v) is 14.8. The summed E-state index contributed by atoms with van der Waals surface area (Å²) in [6.45, 7) is 5.51. The first-order valence-electron chi connectivity index (χ1n) is 13.4. The second-order valence-electron chi connectivity index (χ2n) is 10.6. The van der Waals surface area contributed by atoms with E-state index in [1.54, 1.807) is 10.9 Å². The SMILES string of the molecule is CC(C)N(C)Cc1ccc2c(c1)OCCC2n1cc(CC2C(=O)NC=CN2S(=O)(=O)c2ccc(C(F)(F)F)cc2)nn1. The summed E-state index contributed by atoms with van der Waals surface area (Å²) in [4.78, 5) is 14.7. The summed E-state index contributed by atoms with van der Waals surface area (Å²) in [7, 11) is -2.30. The fraction of sp³-hybridized carbons (Fsp3) is 0.393. The zero-order chi connectivity index (χ0) is 30.2. The smallest absolute Gasteiger partial charge is 0.416 e. The molecule has 0 radical (unpaired) electrons. The number of benzene rings is 2. The van der Waals surface area contributed by atoms with Crippen molar-refractivity contribution in [1.29, 1.82) is 0 Å². The molecule has 1 aromatic heterocycles. The van der Waals surface area contributed by atoms with Crippen molar-refractivity contribution in [3.8, 4) is 5.75 Å². The number of hydrogen-bond donors (Lipinski definition) is 1. The normalized spacial score (nSPS) is 19.1. The summed E-state index contributed by atoms with van der Waals surface area (Å²) >= 11 is 0. The van der Waals surface area contributed by atoms with E-state index in [1.165, 1.54) is 12.4 Å². The number of fused-ring (bicyclic) bond motifs is 1. The quantitative estimate of drug-likeness (QED) is 0.418. The highest BCUT2D eigenvalue weighted by atomic mass is 32.2. The van der Waals surface area contributed by atoms with Crippen molar-refractivity contribution in [3.63, 3.8) is 0 Å². The minimum Gasteiger partial charge on any atom is -0.493 e. The third-order valence-corrected chi connectivity index (χ3v) is 9.29. The number of amides is 1. The fourth-order valence-electron chi connectivity index (χ4n) is 4.89. The van der Waals surface area contributed by atoms with Gasteiger partial charge in [0.15, 0.2) is 0 Å². The summed E-state index contributed by atoms with van der Waals surface area (Å²) in [6, 6.07) is 8.24. The molecule has 2 atom stereocenters. The number of nitrogens with zero attached hydrogens (tertiary/aromatic N) is 5. The molecule has 2 aliphatic heterocycles. The Bertz CT molecular complexity index is 1590. The lowest BCUT2D eigenvalue weighted by Gasteiger charge is -2.31. The van der Waals surface area contributed by atoms with Crippen molar-refractivity contribution in [2.24, 2.45) is 0 Å². The molecule has 0 bridgehead atoms. The van der Waals surface area contributed by atoms with Gasteiger partial charge in [0.25, 0.3) is 10.0 Å². The number of nitrogens with one attached hydrogen (secondary N) is 1. The number of carbonyl (C=O) groups excluding carboxylic acids is 1. The van der Waals surface area contributed by atoms with Gasteiger partial charge < -0.3 is 10.1 Å². The molecule has 2 unspecified atom stereocenters. The van der Waals surface area contributed by atoms with Crippen LogP contribution in [-0.2, 0) is 34.0 Å². The van der Waals surface area contributed by atoms with Crippen LogP contribution in [0.2, 0.25) is 0 Å². The number of carbonyl (C=O) groups is 1. The molecule has 42 heavy (non-hydrogen) atoms. The average Bonchev–Trinajstić information content (AvgIpc) is 3.41. The van der Waals surface area contributed by atoms with Crippen LogP contribution in [-0.4, -0.2) is 64.3 Å². The largest absolute Gasteiger partial charge is 0.493 e. The van der Waals surface area contributed by atoms with Crippen LogP contribution in [0.15, 0.2) is 66.0 Å². The highest BCUT2D eigenvalue weighted by Crippen LogP contribution is 2.36. The number of hydrogen-bond acceptors (Lipinski definition) is 7. The number of sulfonamides is 1. The minimum atomic E-state index is -4.61. The average molecular weight is 605 g/mol. The second kappa shape index (κ2) is 11.4. The molecule has 1 N–H and O–H groups in total. The van der Waals surface area contributed by atoms with E-state index in [2.05, 4.69) is 47.5 Å². The molecule has 0 saturated carbocycles. The molecular formula is C28H31F3N6O4S. The Morgan fingerprint density at radius 1 is 1.17 bits per heavy atom. The first-order chi connectivity index (χ1) is 19.8. The molecule has 14 heteroatoms. The molecule has 0 aliphatic carbocycles. The van der Waals surface area contributed by atoms with E-state index in [0.29, 0.717) is 36.9 Å². The van der Waals surface area contributed by atoms with Crippen LogP contribution in [0.25, 0.3) is 0 Å². The standard InChI is InChI=1S/C28H31F3N6O4S/c1-18(2)35(3)16-19-4-9-23-24(10-13-41-26(23)14-19)36-17-21(33-34-36)15-25-27(38)32-11-12-37(25)42(39,40)22-7-5-20(6-8-22)28(29,30)31/h4-9,11-12,14,17-18,24-25H,10,13,15-16H2,1-3H3,(H,32,38). The Balaban J connectivity index is 1.36. The Hall–Kier alpha value is -3.91. The van der Waals surface area contributed by atoms with Gasteiger partial charge in [-0.1, -0.05) is 17.3 Å². The number of ether oxygens (including phenoxy) is 1. The molecule has 5 rings (SSSR count). The Kier molecular flexibility index (Phi) is 8.03. The van der Waals surface area contributed by atoms with Gasteiger partial charge in [0.1, 0.15) is 11.8 Å². The van der Waals surface area contributed by atoms with E-state index in [9.17, 15) is 26.4 Å². The van der Waals surface area contributed by atoms with E-state index >= 15 is 0 Å². The van der Waals surface area contributed by atoms with Crippen molar-refractivity contribution in [3.05, 3.63) is 83.4 Å². The molecule has 3 heterocycles. The summed E-state index contributed by atoms with van der Waals surface area (Å²) < 4.78 is 74.2. The number of rotatable bonds is 8. The van der Waals surface area contributed by atoms with E-state index in [4.69, 9.17) is 4.74 Å². The van der Waals surface area contributed by atoms with Crippen LogP contribution < -0.4 is 10.1 Å². The van der Waals surface area contributed by atoms with Crippen molar-refractivity contribution in [2.75, 3.05) is 13.7 Å². The highest BCUT2D eigenvalue weighted by Gasteiger charge is 2.37. The maximum atomic E-state index is 13.4. The van der Waals surface area contributed by atoms with Gasteiger partial charge in [-0.15, -0.1) is 5.10 Å². The number of alkyl halides is 3. The molecule has 2 aromatic carbocycles. The van der Waals surface area contributed by atoms with Crippen LogP contribution in [0.4, 0.5) is 13.2 Å². The third-order valence-electron chi connectivity index (χ3n) is 7.49. The van der Waals surface area contributed by atoms with Crippen LogP contribution in [0.1, 0.15) is 48.7 Å². The molecule has 0 fully saturated rings. The maximum absolute atomic E-state index is 13.4. The molecule has 0 spiro atoms. The van der Waals surface area contributed by atoms with Crippen molar-refractivity contribution in [1.82, 2.24) is 29.5 Å². The zero-order valence-electron chi connectivity index (χ0n) is 23.2. The van der Waals surface area contributed by atoms with Crippen molar-refractivity contribution >= 4 is 15.9 Å². The van der Waals surface area contributed by atoms with Gasteiger partial charge in [0, 0.05) is 49.6 Å². The molecule has 10 nitrogen and oxygen atoms in total. The summed E-state index contributed by atoms with van der Waals surface area (Å²) in [5.41, 5.74) is 1.46.